The lowest BCUT2D eigenvalue weighted by molar-refractivity contribution is -0.385. The van der Waals surface area contributed by atoms with Crippen LogP contribution in [0.3, 0.4) is 0 Å². The third kappa shape index (κ3) is 5.44. The normalized spacial score (nSPS) is 14.0. The van der Waals surface area contributed by atoms with Gasteiger partial charge in [0.25, 0.3) is 0 Å². The van der Waals surface area contributed by atoms with Crippen LogP contribution in [-0.4, -0.2) is 70.9 Å². The first-order valence-corrected chi connectivity index (χ1v) is 11.7. The van der Waals surface area contributed by atoms with E-state index in [1.807, 2.05) is 6.07 Å². The maximum Gasteiger partial charge on any atom is 0.313 e. The smallest absolute Gasteiger partial charge is 0.313 e. The van der Waals surface area contributed by atoms with Crippen LogP contribution in [0.1, 0.15) is 0 Å². The van der Waals surface area contributed by atoms with Crippen molar-refractivity contribution in [3.63, 3.8) is 0 Å². The fourth-order valence-corrected chi connectivity index (χ4v) is 4.15. The molecule has 0 unspecified atom stereocenters. The van der Waals surface area contributed by atoms with E-state index in [1.54, 1.807) is 29.1 Å². The van der Waals surface area contributed by atoms with Crippen LogP contribution >= 0.6 is 0 Å². The van der Waals surface area contributed by atoms with Crippen LogP contribution in [0.2, 0.25) is 0 Å². The molecule has 4 aromatic rings. The van der Waals surface area contributed by atoms with Gasteiger partial charge in [-0.05, 0) is 30.3 Å². The molecule has 12 heteroatoms. The van der Waals surface area contributed by atoms with Crippen LogP contribution in [0.5, 0.6) is 11.5 Å². The van der Waals surface area contributed by atoms with Crippen LogP contribution < -0.4 is 14.8 Å². The van der Waals surface area contributed by atoms with Gasteiger partial charge in [0.15, 0.2) is 0 Å². The molecular weight excluding hydrogens is 483 g/mol. The molecule has 11 nitrogen and oxygen atoms in total. The highest BCUT2D eigenvalue weighted by atomic mass is 19.1. The van der Waals surface area contributed by atoms with E-state index in [0.29, 0.717) is 42.5 Å². The summed E-state index contributed by atoms with van der Waals surface area (Å²) in [7, 11) is 1.46. The van der Waals surface area contributed by atoms with Gasteiger partial charge in [-0.3, -0.25) is 15.0 Å². The third-order valence-corrected chi connectivity index (χ3v) is 6.04. The number of aromatic nitrogens is 3. The molecule has 1 aliphatic heterocycles. The molecule has 192 valence electrons. The number of nitro benzene ring substituents is 1. The molecule has 0 saturated carbocycles. The second kappa shape index (κ2) is 10.8. The molecule has 2 aromatic carbocycles. The van der Waals surface area contributed by atoms with Gasteiger partial charge in [-0.25, -0.2) is 9.37 Å². The zero-order valence-electron chi connectivity index (χ0n) is 20.1. The minimum atomic E-state index is -0.507. The number of nitro groups is 1. The van der Waals surface area contributed by atoms with Crippen molar-refractivity contribution in [1.29, 1.82) is 0 Å². The minimum absolute atomic E-state index is 0.108. The van der Waals surface area contributed by atoms with E-state index in [9.17, 15) is 14.5 Å². The molecule has 0 atom stereocenters. The summed E-state index contributed by atoms with van der Waals surface area (Å²) in [4.78, 5) is 22.2. The molecule has 1 aliphatic rings. The van der Waals surface area contributed by atoms with Crippen molar-refractivity contribution in [2.75, 3.05) is 51.9 Å². The van der Waals surface area contributed by atoms with Gasteiger partial charge in [-0.1, -0.05) is 0 Å². The number of hydrogen-bond acceptors (Lipinski definition) is 9. The number of nitrogens with zero attached hydrogens (tertiary/aromatic N) is 5. The average Bonchev–Trinajstić information content (AvgIpc) is 3.33. The summed E-state index contributed by atoms with van der Waals surface area (Å²) in [6.45, 7) is 3.83. The minimum Gasteiger partial charge on any atom is -0.494 e. The van der Waals surface area contributed by atoms with Crippen molar-refractivity contribution >= 4 is 28.2 Å². The lowest BCUT2D eigenvalue weighted by Crippen LogP contribution is -2.38. The number of fused-ring (bicyclic) bond motifs is 1. The fourth-order valence-electron chi connectivity index (χ4n) is 4.15. The van der Waals surface area contributed by atoms with Crippen LogP contribution in [0.25, 0.3) is 16.7 Å². The standard InChI is InChI=1S/C25H25FN6O5/c1-35-22-16-23(37-13-10-30-8-11-36-12-9-30)21(32(33)34)15-19(22)28-25-27-6-4-24(29-25)31-7-5-17-2-3-18(26)14-20(17)31/h2-7,14-16H,8-13H2,1H3,(H,27,28,29). The number of rotatable bonds is 9. The van der Waals surface area contributed by atoms with Gasteiger partial charge in [-0.2, -0.15) is 4.98 Å². The summed E-state index contributed by atoms with van der Waals surface area (Å²) >= 11 is 0. The number of hydrogen-bond donors (Lipinski definition) is 1. The quantitative estimate of drug-likeness (QED) is 0.265. The Morgan fingerprint density at radius 2 is 2.00 bits per heavy atom. The molecule has 5 rings (SSSR count). The SMILES string of the molecule is COc1cc(OCCN2CCOCC2)c([N+](=O)[O-])cc1Nc1nccc(-n2ccc3ccc(F)cc32)n1. The second-order valence-electron chi connectivity index (χ2n) is 8.33. The molecule has 1 saturated heterocycles. The van der Waals surface area contributed by atoms with Gasteiger partial charge in [0, 0.05) is 49.5 Å². The first kappa shape index (κ1) is 24.4. The van der Waals surface area contributed by atoms with Gasteiger partial charge < -0.3 is 24.1 Å². The molecule has 0 aliphatic carbocycles. The number of anilines is 2. The molecular formula is C25H25FN6O5. The number of benzene rings is 2. The zero-order chi connectivity index (χ0) is 25.8. The zero-order valence-corrected chi connectivity index (χ0v) is 20.1. The summed E-state index contributed by atoms with van der Waals surface area (Å²) < 4.78 is 32.1. The third-order valence-electron chi connectivity index (χ3n) is 6.04. The summed E-state index contributed by atoms with van der Waals surface area (Å²) in [5, 5.41) is 15.7. The summed E-state index contributed by atoms with van der Waals surface area (Å²) in [5.41, 5.74) is 0.736. The molecule has 1 N–H and O–H groups in total. The lowest BCUT2D eigenvalue weighted by Gasteiger charge is -2.26. The molecule has 3 heterocycles. The highest BCUT2D eigenvalue weighted by Gasteiger charge is 2.22. The maximum atomic E-state index is 13.8. The van der Waals surface area contributed by atoms with Gasteiger partial charge in [0.05, 0.1) is 36.5 Å². The van der Waals surface area contributed by atoms with Crippen molar-refractivity contribution in [1.82, 2.24) is 19.4 Å². The first-order chi connectivity index (χ1) is 18.0. The monoisotopic (exact) mass is 508 g/mol. The topological polar surface area (TPSA) is 117 Å². The molecule has 0 amide bonds. The molecule has 0 radical (unpaired) electrons. The fraction of sp³-hybridized carbons (Fsp3) is 0.280. The van der Waals surface area contributed by atoms with Crippen molar-refractivity contribution < 1.29 is 23.5 Å². The predicted molar refractivity (Wildman–Crippen MR) is 135 cm³/mol. The van der Waals surface area contributed by atoms with Crippen LogP contribution in [0.15, 0.2) is 54.9 Å². The van der Waals surface area contributed by atoms with Crippen molar-refractivity contribution in [3.05, 3.63) is 70.8 Å². The van der Waals surface area contributed by atoms with E-state index in [0.717, 1.165) is 18.5 Å². The highest BCUT2D eigenvalue weighted by Crippen LogP contribution is 2.38. The number of morpholine rings is 1. The Hall–Kier alpha value is -4.29. The van der Waals surface area contributed by atoms with E-state index < -0.39 is 4.92 Å². The number of halogens is 1. The highest BCUT2D eigenvalue weighted by molar-refractivity contribution is 5.81. The van der Waals surface area contributed by atoms with E-state index in [4.69, 9.17) is 14.2 Å². The van der Waals surface area contributed by atoms with Crippen molar-refractivity contribution in [2.45, 2.75) is 0 Å². The Balaban J connectivity index is 1.38. The molecule has 0 bridgehead atoms. The summed E-state index contributed by atoms with van der Waals surface area (Å²) in [6, 6.07) is 10.9. The van der Waals surface area contributed by atoms with E-state index in [-0.39, 0.29) is 29.8 Å². The van der Waals surface area contributed by atoms with Crippen LogP contribution in [0, 0.1) is 15.9 Å². The average molecular weight is 509 g/mol. The largest absolute Gasteiger partial charge is 0.494 e. The second-order valence-corrected chi connectivity index (χ2v) is 8.33. The Labute approximate surface area is 211 Å². The first-order valence-electron chi connectivity index (χ1n) is 11.7. The van der Waals surface area contributed by atoms with Gasteiger partial charge in [-0.15, -0.1) is 0 Å². The lowest BCUT2D eigenvalue weighted by atomic mass is 10.2. The van der Waals surface area contributed by atoms with Gasteiger partial charge >= 0.3 is 5.69 Å². The van der Waals surface area contributed by atoms with Crippen LogP contribution in [-0.2, 0) is 4.74 Å². The Kier molecular flexibility index (Phi) is 7.10. The van der Waals surface area contributed by atoms with Crippen molar-refractivity contribution in [2.24, 2.45) is 0 Å². The number of ether oxygens (including phenoxy) is 3. The Morgan fingerprint density at radius 3 is 2.78 bits per heavy atom. The maximum absolute atomic E-state index is 13.8. The summed E-state index contributed by atoms with van der Waals surface area (Å²) in [5.74, 6) is 0.758. The van der Waals surface area contributed by atoms with Crippen LogP contribution in [0.4, 0.5) is 21.7 Å². The molecule has 37 heavy (non-hydrogen) atoms. The Morgan fingerprint density at radius 1 is 1.16 bits per heavy atom. The molecule has 1 fully saturated rings. The van der Waals surface area contributed by atoms with E-state index >= 15 is 0 Å². The van der Waals surface area contributed by atoms with E-state index in [1.165, 1.54) is 31.4 Å². The van der Waals surface area contributed by atoms with Gasteiger partial charge in [0.1, 0.15) is 24.0 Å². The number of nitrogens with one attached hydrogen (secondary N) is 1. The Bertz CT molecular complexity index is 1420. The van der Waals surface area contributed by atoms with Crippen molar-refractivity contribution in [3.8, 4) is 17.3 Å². The summed E-state index contributed by atoms with van der Waals surface area (Å²) in [6.07, 6.45) is 3.32. The number of methoxy groups -OCH3 is 1. The van der Waals surface area contributed by atoms with E-state index in [2.05, 4.69) is 20.2 Å². The molecule has 2 aromatic heterocycles. The predicted octanol–water partition coefficient (Wildman–Crippen LogP) is 3.93. The van der Waals surface area contributed by atoms with Gasteiger partial charge in [0.2, 0.25) is 11.7 Å². The molecule has 0 spiro atoms.